The molecule has 0 unspecified atom stereocenters. The van der Waals surface area contributed by atoms with Crippen LogP contribution in [0.5, 0.6) is 0 Å². The minimum absolute atomic E-state index is 0.580. The van der Waals surface area contributed by atoms with E-state index in [1.807, 2.05) is 0 Å². The van der Waals surface area contributed by atoms with E-state index in [4.69, 9.17) is 5.73 Å². The van der Waals surface area contributed by atoms with E-state index in [2.05, 4.69) is 70.1 Å². The van der Waals surface area contributed by atoms with Crippen LogP contribution in [0.15, 0.2) is 54.9 Å². The number of aromatic amines is 2. The highest BCUT2D eigenvalue weighted by Crippen LogP contribution is 2.22. The number of nitrogens with two attached hydrogens (primary N) is 1. The van der Waals surface area contributed by atoms with Gasteiger partial charge in [-0.05, 0) is 54.8 Å². The van der Waals surface area contributed by atoms with Crippen LogP contribution >= 0.6 is 0 Å². The molecule has 4 nitrogen and oxygen atoms in total. The summed E-state index contributed by atoms with van der Waals surface area (Å²) in [4.78, 5) is 6.70. The van der Waals surface area contributed by atoms with Crippen molar-refractivity contribution in [1.82, 2.24) is 15.3 Å². The third-order valence-electron chi connectivity index (χ3n) is 4.91. The van der Waals surface area contributed by atoms with Gasteiger partial charge < -0.3 is 21.0 Å². The summed E-state index contributed by atoms with van der Waals surface area (Å²) < 4.78 is 0. The maximum Gasteiger partial charge on any atom is 0.0460 e. The average molecular weight is 332 g/mol. The quantitative estimate of drug-likeness (QED) is 0.391. The SMILES string of the molecule is NCc1cccc2[nH]cc(CCNCCc3c[nH]c4ccccc34)c12. The van der Waals surface area contributed by atoms with E-state index >= 15 is 0 Å². The zero-order valence-electron chi connectivity index (χ0n) is 14.3. The van der Waals surface area contributed by atoms with E-state index in [9.17, 15) is 0 Å². The molecule has 0 aliphatic heterocycles. The second-order valence-electron chi connectivity index (χ2n) is 6.47. The highest BCUT2D eigenvalue weighted by Gasteiger charge is 2.07. The average Bonchev–Trinajstić information content (AvgIpc) is 3.26. The molecule has 0 aliphatic rings. The summed E-state index contributed by atoms with van der Waals surface area (Å²) in [7, 11) is 0. The first-order valence-corrected chi connectivity index (χ1v) is 8.90. The molecule has 25 heavy (non-hydrogen) atoms. The fourth-order valence-electron chi connectivity index (χ4n) is 3.61. The number of benzene rings is 2. The lowest BCUT2D eigenvalue weighted by Gasteiger charge is -2.06. The maximum atomic E-state index is 5.89. The second kappa shape index (κ2) is 7.13. The van der Waals surface area contributed by atoms with Crippen molar-refractivity contribution in [2.45, 2.75) is 19.4 Å². The Labute approximate surface area is 147 Å². The van der Waals surface area contributed by atoms with Gasteiger partial charge in [0.2, 0.25) is 0 Å². The molecule has 0 radical (unpaired) electrons. The molecule has 0 amide bonds. The zero-order valence-corrected chi connectivity index (χ0v) is 14.3. The first-order valence-electron chi connectivity index (χ1n) is 8.90. The van der Waals surface area contributed by atoms with Crippen molar-refractivity contribution in [2.24, 2.45) is 5.73 Å². The van der Waals surface area contributed by atoms with Gasteiger partial charge in [0, 0.05) is 40.7 Å². The molecule has 0 aliphatic carbocycles. The lowest BCUT2D eigenvalue weighted by atomic mass is 10.0. The third kappa shape index (κ3) is 3.18. The lowest BCUT2D eigenvalue weighted by molar-refractivity contribution is 0.684. The minimum Gasteiger partial charge on any atom is -0.361 e. The van der Waals surface area contributed by atoms with Crippen molar-refractivity contribution in [1.29, 1.82) is 0 Å². The van der Waals surface area contributed by atoms with Gasteiger partial charge in [-0.25, -0.2) is 0 Å². The number of para-hydroxylation sites is 1. The van der Waals surface area contributed by atoms with Crippen LogP contribution in [-0.2, 0) is 19.4 Å². The monoisotopic (exact) mass is 332 g/mol. The third-order valence-corrected chi connectivity index (χ3v) is 4.91. The topological polar surface area (TPSA) is 69.6 Å². The van der Waals surface area contributed by atoms with Crippen molar-refractivity contribution in [3.8, 4) is 0 Å². The Morgan fingerprint density at radius 2 is 1.48 bits per heavy atom. The van der Waals surface area contributed by atoms with Crippen LogP contribution in [-0.4, -0.2) is 23.1 Å². The van der Waals surface area contributed by atoms with Crippen LogP contribution in [0, 0.1) is 0 Å². The Kier molecular flexibility index (Phi) is 4.55. The van der Waals surface area contributed by atoms with Gasteiger partial charge in [0.05, 0.1) is 0 Å². The van der Waals surface area contributed by atoms with Crippen molar-refractivity contribution in [2.75, 3.05) is 13.1 Å². The number of aromatic nitrogens is 2. The van der Waals surface area contributed by atoms with Crippen molar-refractivity contribution in [3.63, 3.8) is 0 Å². The molecule has 2 aromatic carbocycles. The van der Waals surface area contributed by atoms with Crippen LogP contribution in [0.3, 0.4) is 0 Å². The fourth-order valence-corrected chi connectivity index (χ4v) is 3.61. The van der Waals surface area contributed by atoms with Gasteiger partial charge >= 0.3 is 0 Å². The number of nitrogens with one attached hydrogen (secondary N) is 3. The van der Waals surface area contributed by atoms with E-state index in [1.54, 1.807) is 0 Å². The minimum atomic E-state index is 0.580. The van der Waals surface area contributed by atoms with Gasteiger partial charge in [0.1, 0.15) is 0 Å². The molecular formula is C21H24N4. The molecular weight excluding hydrogens is 308 g/mol. The summed E-state index contributed by atoms with van der Waals surface area (Å²) in [5.74, 6) is 0. The van der Waals surface area contributed by atoms with Gasteiger partial charge in [-0.3, -0.25) is 0 Å². The summed E-state index contributed by atoms with van der Waals surface area (Å²) >= 11 is 0. The van der Waals surface area contributed by atoms with E-state index in [0.29, 0.717) is 6.54 Å². The summed E-state index contributed by atoms with van der Waals surface area (Å²) in [5, 5.41) is 6.19. The summed E-state index contributed by atoms with van der Waals surface area (Å²) in [6, 6.07) is 14.8. The summed E-state index contributed by atoms with van der Waals surface area (Å²) in [5.41, 5.74) is 12.2. The molecule has 4 rings (SSSR count). The second-order valence-corrected chi connectivity index (χ2v) is 6.47. The Bertz CT molecular complexity index is 980. The molecule has 4 heteroatoms. The Morgan fingerprint density at radius 3 is 2.36 bits per heavy atom. The van der Waals surface area contributed by atoms with Gasteiger partial charge in [-0.15, -0.1) is 0 Å². The van der Waals surface area contributed by atoms with Gasteiger partial charge in [-0.2, -0.15) is 0 Å². The number of fused-ring (bicyclic) bond motifs is 2. The van der Waals surface area contributed by atoms with E-state index in [1.165, 1.54) is 38.5 Å². The molecule has 2 heterocycles. The number of hydrogen-bond donors (Lipinski definition) is 4. The smallest absolute Gasteiger partial charge is 0.0460 e. The zero-order chi connectivity index (χ0) is 17.1. The first-order chi connectivity index (χ1) is 12.4. The highest BCUT2D eigenvalue weighted by molar-refractivity contribution is 5.86. The van der Waals surface area contributed by atoms with Crippen molar-refractivity contribution < 1.29 is 0 Å². The highest BCUT2D eigenvalue weighted by atomic mass is 14.8. The summed E-state index contributed by atoms with van der Waals surface area (Å²) in [6.45, 7) is 2.53. The molecule has 0 fully saturated rings. The van der Waals surface area contributed by atoms with Crippen molar-refractivity contribution >= 4 is 21.8 Å². The van der Waals surface area contributed by atoms with E-state index in [0.717, 1.165) is 25.9 Å². The normalized spacial score (nSPS) is 11.6. The largest absolute Gasteiger partial charge is 0.361 e. The predicted molar refractivity (Wildman–Crippen MR) is 105 cm³/mol. The lowest BCUT2D eigenvalue weighted by Crippen LogP contribution is -2.20. The van der Waals surface area contributed by atoms with Crippen LogP contribution in [0.1, 0.15) is 16.7 Å². The number of H-pyrrole nitrogens is 2. The summed E-state index contributed by atoms with van der Waals surface area (Å²) in [6.07, 6.45) is 6.28. The number of rotatable bonds is 7. The van der Waals surface area contributed by atoms with Crippen LogP contribution in [0.4, 0.5) is 0 Å². The molecule has 0 spiro atoms. The molecule has 0 atom stereocenters. The van der Waals surface area contributed by atoms with Crippen LogP contribution < -0.4 is 11.1 Å². The Balaban J connectivity index is 1.34. The van der Waals surface area contributed by atoms with Gasteiger partial charge in [0.25, 0.3) is 0 Å². The molecule has 5 N–H and O–H groups in total. The Morgan fingerprint density at radius 1 is 0.760 bits per heavy atom. The predicted octanol–water partition coefficient (Wildman–Crippen LogP) is 3.48. The molecule has 4 aromatic rings. The molecule has 2 aromatic heterocycles. The van der Waals surface area contributed by atoms with Gasteiger partial charge in [0.15, 0.2) is 0 Å². The molecule has 128 valence electrons. The first kappa shape index (κ1) is 15.9. The van der Waals surface area contributed by atoms with Crippen LogP contribution in [0.2, 0.25) is 0 Å². The molecule has 0 bridgehead atoms. The Hall–Kier alpha value is -2.56. The van der Waals surface area contributed by atoms with Gasteiger partial charge in [-0.1, -0.05) is 30.3 Å². The standard InChI is InChI=1S/C21H24N4/c22-12-15-4-3-7-20-21(15)17(14-25-20)9-11-23-10-8-16-13-24-19-6-2-1-5-18(16)19/h1-7,13-14,23-25H,8-12,22H2. The van der Waals surface area contributed by atoms with E-state index < -0.39 is 0 Å². The maximum absolute atomic E-state index is 5.89. The van der Waals surface area contributed by atoms with Crippen LogP contribution in [0.25, 0.3) is 21.8 Å². The van der Waals surface area contributed by atoms with Crippen molar-refractivity contribution in [3.05, 3.63) is 71.5 Å². The molecule has 0 saturated carbocycles. The van der Waals surface area contributed by atoms with E-state index in [-0.39, 0.29) is 0 Å². The fraction of sp³-hybridized carbons (Fsp3) is 0.238. The number of hydrogen-bond acceptors (Lipinski definition) is 2. The molecule has 0 saturated heterocycles.